The molecule has 2 aromatic heterocycles. The molecular formula is C16H18N6O2. The van der Waals surface area contributed by atoms with Crippen molar-refractivity contribution in [3.05, 3.63) is 35.6 Å². The first-order valence-corrected chi connectivity index (χ1v) is 7.75. The number of rotatable bonds is 4. The van der Waals surface area contributed by atoms with Crippen LogP contribution in [0.3, 0.4) is 0 Å². The quantitative estimate of drug-likeness (QED) is 0.838. The number of likely N-dealkylation sites (tertiary alicyclic amines) is 1. The lowest BCUT2D eigenvalue weighted by Gasteiger charge is -2.25. The highest BCUT2D eigenvalue weighted by atomic mass is 16.5. The highest BCUT2D eigenvalue weighted by molar-refractivity contribution is 5.81. The van der Waals surface area contributed by atoms with Gasteiger partial charge in [-0.3, -0.25) is 4.79 Å². The van der Waals surface area contributed by atoms with E-state index >= 15 is 0 Å². The van der Waals surface area contributed by atoms with Crippen molar-refractivity contribution < 1.29 is 9.32 Å². The third-order valence-electron chi connectivity index (χ3n) is 4.05. The second-order valence-corrected chi connectivity index (χ2v) is 5.79. The average Bonchev–Trinajstić information content (AvgIpc) is 3.23. The molecule has 2 aromatic rings. The first-order chi connectivity index (χ1) is 11.6. The largest absolute Gasteiger partial charge is 0.350 e. The Balaban J connectivity index is 1.68. The van der Waals surface area contributed by atoms with Gasteiger partial charge < -0.3 is 14.3 Å². The van der Waals surface area contributed by atoms with Crippen LogP contribution in [0.1, 0.15) is 36.2 Å². The molecule has 0 bridgehead atoms. The summed E-state index contributed by atoms with van der Waals surface area (Å²) in [6, 6.07) is 5.31. The number of nitrogens with zero attached hydrogens (tertiary/aromatic N) is 6. The number of amides is 1. The van der Waals surface area contributed by atoms with Crippen LogP contribution in [0.5, 0.6) is 0 Å². The molecule has 1 amide bonds. The van der Waals surface area contributed by atoms with E-state index in [0.29, 0.717) is 29.6 Å². The molecule has 1 fully saturated rings. The molecule has 0 radical (unpaired) electrons. The Kier molecular flexibility index (Phi) is 4.42. The van der Waals surface area contributed by atoms with Crippen LogP contribution in [-0.4, -0.2) is 46.1 Å². The Morgan fingerprint density at radius 1 is 1.54 bits per heavy atom. The van der Waals surface area contributed by atoms with Gasteiger partial charge in [0.2, 0.25) is 11.8 Å². The van der Waals surface area contributed by atoms with Crippen LogP contribution in [0.4, 0.5) is 5.82 Å². The van der Waals surface area contributed by atoms with Crippen LogP contribution in [0.2, 0.25) is 0 Å². The van der Waals surface area contributed by atoms with E-state index in [1.165, 1.54) is 6.20 Å². The molecular weight excluding hydrogens is 308 g/mol. The number of aromatic nitrogens is 3. The number of carbonyl (C=O) groups excluding carboxylic acids is 1. The smallest absolute Gasteiger partial charge is 0.242 e. The van der Waals surface area contributed by atoms with Gasteiger partial charge in [0.25, 0.3) is 0 Å². The van der Waals surface area contributed by atoms with E-state index in [2.05, 4.69) is 15.1 Å². The lowest BCUT2D eigenvalue weighted by molar-refractivity contribution is -0.130. The number of pyridine rings is 1. The van der Waals surface area contributed by atoms with Gasteiger partial charge in [0.15, 0.2) is 5.82 Å². The van der Waals surface area contributed by atoms with Gasteiger partial charge >= 0.3 is 0 Å². The number of nitriles is 1. The van der Waals surface area contributed by atoms with Crippen LogP contribution in [-0.2, 0) is 4.79 Å². The maximum absolute atomic E-state index is 12.7. The lowest BCUT2D eigenvalue weighted by Crippen LogP contribution is -2.39. The summed E-state index contributed by atoms with van der Waals surface area (Å²) >= 11 is 0. The number of anilines is 1. The summed E-state index contributed by atoms with van der Waals surface area (Å²) in [5.74, 6) is 1.71. The zero-order chi connectivity index (χ0) is 17.1. The molecule has 124 valence electrons. The predicted octanol–water partition coefficient (Wildman–Crippen LogP) is 1.44. The van der Waals surface area contributed by atoms with Gasteiger partial charge in [-0.1, -0.05) is 5.16 Å². The summed E-state index contributed by atoms with van der Waals surface area (Å²) in [6.07, 6.45) is 3.25. The highest BCUT2D eigenvalue weighted by Gasteiger charge is 2.33. The molecule has 1 aliphatic rings. The van der Waals surface area contributed by atoms with E-state index in [0.717, 1.165) is 12.8 Å². The lowest BCUT2D eigenvalue weighted by atomic mass is 10.2. The molecule has 24 heavy (non-hydrogen) atoms. The van der Waals surface area contributed by atoms with E-state index in [-0.39, 0.29) is 18.5 Å². The van der Waals surface area contributed by atoms with Gasteiger partial charge in [-0.2, -0.15) is 10.2 Å². The second kappa shape index (κ2) is 6.66. The summed E-state index contributed by atoms with van der Waals surface area (Å²) in [5, 5.41) is 12.8. The van der Waals surface area contributed by atoms with E-state index < -0.39 is 0 Å². The highest BCUT2D eigenvalue weighted by Crippen LogP contribution is 2.30. The minimum absolute atomic E-state index is 0.00591. The van der Waals surface area contributed by atoms with Crippen LogP contribution in [0.15, 0.2) is 22.9 Å². The third kappa shape index (κ3) is 3.20. The topological polar surface area (TPSA) is 99.2 Å². The SMILES string of the molecule is Cc1nc([C@@H]2CCCN2C(=O)CN(C)c2ccc(C#N)cn2)no1. The number of carbonyl (C=O) groups is 1. The summed E-state index contributed by atoms with van der Waals surface area (Å²) in [6.45, 7) is 2.62. The van der Waals surface area contributed by atoms with Gasteiger partial charge in [0.1, 0.15) is 11.9 Å². The van der Waals surface area contributed by atoms with Crippen LogP contribution in [0.25, 0.3) is 0 Å². The van der Waals surface area contributed by atoms with Crippen molar-refractivity contribution in [2.45, 2.75) is 25.8 Å². The van der Waals surface area contributed by atoms with Crippen molar-refractivity contribution in [2.75, 3.05) is 25.0 Å². The minimum atomic E-state index is -0.128. The molecule has 3 rings (SSSR count). The molecule has 0 aromatic carbocycles. The van der Waals surface area contributed by atoms with Gasteiger partial charge in [0.05, 0.1) is 18.2 Å². The Hall–Kier alpha value is -2.95. The van der Waals surface area contributed by atoms with Crippen LogP contribution in [0, 0.1) is 18.3 Å². The van der Waals surface area contributed by atoms with E-state index in [1.54, 1.807) is 35.9 Å². The molecule has 1 saturated heterocycles. The monoisotopic (exact) mass is 326 g/mol. The van der Waals surface area contributed by atoms with Gasteiger partial charge in [-0.15, -0.1) is 0 Å². The standard InChI is InChI=1S/C16H18N6O2/c1-11-19-16(20-24-11)13-4-3-7-22(13)15(23)10-21(2)14-6-5-12(8-17)9-18-14/h5-6,9,13H,3-4,7,10H2,1-2H3/t13-/m0/s1. The maximum atomic E-state index is 12.7. The summed E-state index contributed by atoms with van der Waals surface area (Å²) < 4.78 is 5.03. The Morgan fingerprint density at radius 3 is 3.00 bits per heavy atom. The fraction of sp³-hybridized carbons (Fsp3) is 0.438. The number of hydrogen-bond acceptors (Lipinski definition) is 7. The first kappa shape index (κ1) is 15.9. The Bertz CT molecular complexity index is 764. The zero-order valence-corrected chi connectivity index (χ0v) is 13.6. The summed E-state index contributed by atoms with van der Waals surface area (Å²) in [7, 11) is 1.80. The van der Waals surface area contributed by atoms with Crippen molar-refractivity contribution in [1.82, 2.24) is 20.0 Å². The van der Waals surface area contributed by atoms with Gasteiger partial charge in [0, 0.05) is 26.7 Å². The molecule has 3 heterocycles. The second-order valence-electron chi connectivity index (χ2n) is 5.79. The number of likely N-dealkylation sites (N-methyl/N-ethyl adjacent to an activating group) is 1. The van der Waals surface area contributed by atoms with E-state index in [1.807, 2.05) is 6.07 Å². The van der Waals surface area contributed by atoms with E-state index in [9.17, 15) is 4.79 Å². The number of aryl methyl sites for hydroxylation is 1. The number of hydrogen-bond donors (Lipinski definition) is 0. The van der Waals surface area contributed by atoms with Crippen molar-refractivity contribution in [3.63, 3.8) is 0 Å². The van der Waals surface area contributed by atoms with Crippen molar-refractivity contribution in [1.29, 1.82) is 5.26 Å². The summed E-state index contributed by atoms with van der Waals surface area (Å²) in [5.41, 5.74) is 0.491. The fourth-order valence-corrected chi connectivity index (χ4v) is 2.84. The molecule has 0 spiro atoms. The molecule has 8 nitrogen and oxygen atoms in total. The van der Waals surface area contributed by atoms with Crippen molar-refractivity contribution >= 4 is 11.7 Å². The predicted molar refractivity (Wildman–Crippen MR) is 84.9 cm³/mol. The molecule has 0 saturated carbocycles. The molecule has 8 heteroatoms. The molecule has 0 unspecified atom stereocenters. The zero-order valence-electron chi connectivity index (χ0n) is 13.6. The fourth-order valence-electron chi connectivity index (χ4n) is 2.84. The van der Waals surface area contributed by atoms with Crippen LogP contribution < -0.4 is 4.90 Å². The summed E-state index contributed by atoms with van der Waals surface area (Å²) in [4.78, 5) is 24.7. The Labute approximate surface area is 139 Å². The van der Waals surface area contributed by atoms with Crippen LogP contribution >= 0.6 is 0 Å². The average molecular weight is 326 g/mol. The Morgan fingerprint density at radius 2 is 2.38 bits per heavy atom. The van der Waals surface area contributed by atoms with Gasteiger partial charge in [-0.25, -0.2) is 4.98 Å². The van der Waals surface area contributed by atoms with Crippen molar-refractivity contribution in [2.24, 2.45) is 0 Å². The molecule has 0 aliphatic carbocycles. The minimum Gasteiger partial charge on any atom is -0.350 e. The van der Waals surface area contributed by atoms with E-state index in [4.69, 9.17) is 9.78 Å². The maximum Gasteiger partial charge on any atom is 0.242 e. The molecule has 1 atom stereocenters. The first-order valence-electron chi connectivity index (χ1n) is 7.75. The van der Waals surface area contributed by atoms with Crippen molar-refractivity contribution in [3.8, 4) is 6.07 Å². The normalized spacial score (nSPS) is 16.9. The molecule has 0 N–H and O–H groups in total. The van der Waals surface area contributed by atoms with Gasteiger partial charge in [-0.05, 0) is 25.0 Å². The molecule has 1 aliphatic heterocycles. The third-order valence-corrected chi connectivity index (χ3v) is 4.05.